The number of fused-ring (bicyclic) bond motifs is 1. The Balaban J connectivity index is 1.72. The van der Waals surface area contributed by atoms with Gasteiger partial charge in [0.1, 0.15) is 12.4 Å². The molecule has 0 aliphatic rings. The van der Waals surface area contributed by atoms with E-state index in [-0.39, 0.29) is 0 Å². The van der Waals surface area contributed by atoms with Gasteiger partial charge in [-0.1, -0.05) is 34.1 Å². The van der Waals surface area contributed by atoms with E-state index in [1.807, 2.05) is 30.3 Å². The highest BCUT2D eigenvalue weighted by Crippen LogP contribution is 2.21. The summed E-state index contributed by atoms with van der Waals surface area (Å²) in [4.78, 5) is 0. The number of hydrogen-bond donors (Lipinski definition) is 1. The summed E-state index contributed by atoms with van der Waals surface area (Å²) < 4.78 is 9.04. The molecule has 0 saturated heterocycles. The molecule has 2 aromatic carbocycles. The number of benzene rings is 2. The molecule has 0 fully saturated rings. The number of nitrogens with two attached hydrogens (primary N) is 1. The molecular weight excluding hydrogens is 328 g/mol. The third kappa shape index (κ3) is 3.12. The van der Waals surface area contributed by atoms with Crippen LogP contribution in [-0.2, 0) is 13.1 Å². The highest BCUT2D eigenvalue weighted by Gasteiger charge is 2.06. The Kier molecular flexibility index (Phi) is 4.27. The zero-order valence-electron chi connectivity index (χ0n) is 11.6. The van der Waals surface area contributed by atoms with Crippen LogP contribution >= 0.6 is 15.9 Å². The molecule has 1 heterocycles. The van der Waals surface area contributed by atoms with E-state index >= 15 is 0 Å². The predicted molar refractivity (Wildman–Crippen MR) is 89.5 cm³/mol. The fourth-order valence-corrected chi connectivity index (χ4v) is 2.73. The van der Waals surface area contributed by atoms with Gasteiger partial charge in [-0.2, -0.15) is 0 Å². The molecule has 1 aromatic heterocycles. The Morgan fingerprint density at radius 3 is 2.57 bits per heavy atom. The van der Waals surface area contributed by atoms with Gasteiger partial charge < -0.3 is 15.0 Å². The first-order chi connectivity index (χ1) is 10.3. The van der Waals surface area contributed by atoms with Crippen molar-refractivity contribution in [2.24, 2.45) is 5.73 Å². The lowest BCUT2D eigenvalue weighted by molar-refractivity contribution is 0.300. The zero-order valence-corrected chi connectivity index (χ0v) is 13.2. The maximum atomic E-state index is 5.81. The van der Waals surface area contributed by atoms with Crippen LogP contribution in [0.15, 0.2) is 59.2 Å². The number of hydrogen-bond acceptors (Lipinski definition) is 2. The van der Waals surface area contributed by atoms with Crippen molar-refractivity contribution in [1.29, 1.82) is 0 Å². The minimum absolute atomic E-state index is 0.557. The second-order valence-electron chi connectivity index (χ2n) is 4.87. The number of aromatic nitrogens is 1. The molecule has 3 nitrogen and oxygen atoms in total. The largest absolute Gasteiger partial charge is 0.492 e. The first kappa shape index (κ1) is 14.2. The summed E-state index contributed by atoms with van der Waals surface area (Å²) in [7, 11) is 0. The normalized spacial score (nSPS) is 11.0. The van der Waals surface area contributed by atoms with Gasteiger partial charge in [0.05, 0.1) is 6.54 Å². The highest BCUT2D eigenvalue weighted by atomic mass is 79.9. The smallest absolute Gasteiger partial charge is 0.119 e. The molecule has 21 heavy (non-hydrogen) atoms. The van der Waals surface area contributed by atoms with Gasteiger partial charge in [0.15, 0.2) is 0 Å². The van der Waals surface area contributed by atoms with Crippen LogP contribution < -0.4 is 10.5 Å². The summed E-state index contributed by atoms with van der Waals surface area (Å²) in [6, 6.07) is 16.2. The number of ether oxygens (including phenoxy) is 1. The van der Waals surface area contributed by atoms with Crippen LogP contribution in [0.25, 0.3) is 10.9 Å². The minimum atomic E-state index is 0.557. The summed E-state index contributed by atoms with van der Waals surface area (Å²) in [6.45, 7) is 1.99. The fraction of sp³-hybridized carbons (Fsp3) is 0.176. The molecule has 2 N–H and O–H groups in total. The van der Waals surface area contributed by atoms with Crippen LogP contribution in [0, 0.1) is 0 Å². The molecule has 108 valence electrons. The molecule has 0 amide bonds. The Bertz CT molecular complexity index is 734. The van der Waals surface area contributed by atoms with Crippen molar-refractivity contribution in [3.63, 3.8) is 0 Å². The van der Waals surface area contributed by atoms with Gasteiger partial charge >= 0.3 is 0 Å². The van der Waals surface area contributed by atoms with Crippen molar-refractivity contribution < 1.29 is 4.74 Å². The maximum Gasteiger partial charge on any atom is 0.119 e. The number of para-hydroxylation sites is 1. The van der Waals surface area contributed by atoms with Crippen LogP contribution in [-0.4, -0.2) is 11.2 Å². The summed E-state index contributed by atoms with van der Waals surface area (Å²) in [5, 5.41) is 1.23. The highest BCUT2D eigenvalue weighted by molar-refractivity contribution is 9.10. The Morgan fingerprint density at radius 1 is 1.05 bits per heavy atom. The predicted octanol–water partition coefficient (Wildman–Crippen LogP) is 3.94. The minimum Gasteiger partial charge on any atom is -0.492 e. The van der Waals surface area contributed by atoms with Crippen LogP contribution in [0.3, 0.4) is 0 Å². The molecule has 0 unspecified atom stereocenters. The molecule has 0 saturated carbocycles. The molecule has 0 bridgehead atoms. The average molecular weight is 345 g/mol. The summed E-state index contributed by atoms with van der Waals surface area (Å²) in [5.74, 6) is 0.883. The van der Waals surface area contributed by atoms with Gasteiger partial charge in [-0.25, -0.2) is 0 Å². The van der Waals surface area contributed by atoms with Crippen LogP contribution in [0.4, 0.5) is 0 Å². The monoisotopic (exact) mass is 344 g/mol. The standard InChI is InChI=1S/C17H17BrN2O/c18-14-5-7-15(8-6-14)21-10-9-20-12-13(11-19)16-3-1-2-4-17(16)20/h1-8,12H,9-11,19H2. The van der Waals surface area contributed by atoms with E-state index in [9.17, 15) is 0 Å². The maximum absolute atomic E-state index is 5.81. The SMILES string of the molecule is NCc1cn(CCOc2ccc(Br)cc2)c2ccccc12. The van der Waals surface area contributed by atoms with Crippen molar-refractivity contribution in [1.82, 2.24) is 4.57 Å². The second kappa shape index (κ2) is 6.33. The topological polar surface area (TPSA) is 40.2 Å². The van der Waals surface area contributed by atoms with Gasteiger partial charge in [0, 0.05) is 28.1 Å². The van der Waals surface area contributed by atoms with Crippen LogP contribution in [0.5, 0.6) is 5.75 Å². The van der Waals surface area contributed by atoms with E-state index in [0.717, 1.165) is 16.8 Å². The number of rotatable bonds is 5. The van der Waals surface area contributed by atoms with Gasteiger partial charge in [-0.3, -0.25) is 0 Å². The van der Waals surface area contributed by atoms with E-state index < -0.39 is 0 Å². The summed E-state index contributed by atoms with van der Waals surface area (Å²) in [6.07, 6.45) is 2.12. The Labute approximate surface area is 132 Å². The van der Waals surface area contributed by atoms with E-state index in [1.54, 1.807) is 0 Å². The second-order valence-corrected chi connectivity index (χ2v) is 5.79. The van der Waals surface area contributed by atoms with Gasteiger partial charge in [0.2, 0.25) is 0 Å². The third-order valence-electron chi connectivity index (χ3n) is 3.51. The molecule has 4 heteroatoms. The molecular formula is C17H17BrN2O. The zero-order chi connectivity index (χ0) is 14.7. The lowest BCUT2D eigenvalue weighted by Gasteiger charge is -2.08. The Hall–Kier alpha value is -1.78. The van der Waals surface area contributed by atoms with Gasteiger partial charge in [0.25, 0.3) is 0 Å². The van der Waals surface area contributed by atoms with Crippen molar-refractivity contribution in [2.45, 2.75) is 13.1 Å². The molecule has 0 atom stereocenters. The van der Waals surface area contributed by atoms with E-state index in [2.05, 4.69) is 44.9 Å². The lowest BCUT2D eigenvalue weighted by Crippen LogP contribution is -2.07. The van der Waals surface area contributed by atoms with Crippen LogP contribution in [0.2, 0.25) is 0 Å². The summed E-state index contributed by atoms with van der Waals surface area (Å²) >= 11 is 3.42. The van der Waals surface area contributed by atoms with Crippen molar-refractivity contribution in [3.05, 3.63) is 64.8 Å². The quantitative estimate of drug-likeness (QED) is 0.761. The first-order valence-electron chi connectivity index (χ1n) is 6.93. The molecule has 0 aliphatic heterocycles. The first-order valence-corrected chi connectivity index (χ1v) is 7.72. The van der Waals surface area contributed by atoms with E-state index in [0.29, 0.717) is 13.2 Å². The lowest BCUT2D eigenvalue weighted by atomic mass is 10.2. The molecule has 3 rings (SSSR count). The van der Waals surface area contributed by atoms with Crippen molar-refractivity contribution >= 4 is 26.8 Å². The molecule has 3 aromatic rings. The molecule has 0 aliphatic carbocycles. The van der Waals surface area contributed by atoms with Gasteiger partial charge in [-0.15, -0.1) is 0 Å². The third-order valence-corrected chi connectivity index (χ3v) is 4.03. The number of halogens is 1. The van der Waals surface area contributed by atoms with E-state index in [4.69, 9.17) is 10.5 Å². The number of nitrogens with zero attached hydrogens (tertiary/aromatic N) is 1. The van der Waals surface area contributed by atoms with Crippen LogP contribution in [0.1, 0.15) is 5.56 Å². The average Bonchev–Trinajstić information content (AvgIpc) is 2.88. The Morgan fingerprint density at radius 2 is 1.81 bits per heavy atom. The summed E-state index contributed by atoms with van der Waals surface area (Å²) in [5.41, 5.74) is 8.20. The molecule has 0 spiro atoms. The molecule has 0 radical (unpaired) electrons. The van der Waals surface area contributed by atoms with E-state index in [1.165, 1.54) is 16.5 Å². The van der Waals surface area contributed by atoms with Crippen molar-refractivity contribution in [3.8, 4) is 5.75 Å². The fourth-order valence-electron chi connectivity index (χ4n) is 2.46. The van der Waals surface area contributed by atoms with Crippen molar-refractivity contribution in [2.75, 3.05) is 6.61 Å². The van der Waals surface area contributed by atoms with Gasteiger partial charge in [-0.05, 0) is 35.9 Å².